The second-order valence-corrected chi connectivity index (χ2v) is 9.25. The number of benzene rings is 2. The molecule has 1 heteroatoms. The highest BCUT2D eigenvalue weighted by Gasteiger charge is 2.29. The van der Waals surface area contributed by atoms with Crippen molar-refractivity contribution in [2.45, 2.75) is 66.2 Å². The number of alkyl halides is 1. The largest absolute Gasteiger partial charge is 0.122 e. The SMILES string of the molecule is CCc1ccc(CC(C)(C)CC(C)(C)Cc2ccc(CCl)cc2)cc1. The van der Waals surface area contributed by atoms with Gasteiger partial charge in [0.15, 0.2) is 0 Å². The van der Waals surface area contributed by atoms with Gasteiger partial charge >= 0.3 is 0 Å². The zero-order chi connectivity index (χ0) is 18.5. The van der Waals surface area contributed by atoms with Gasteiger partial charge in [-0.2, -0.15) is 0 Å². The van der Waals surface area contributed by atoms with Crippen LogP contribution < -0.4 is 0 Å². The smallest absolute Gasteiger partial charge is 0.0474 e. The first-order valence-corrected chi connectivity index (χ1v) is 9.98. The molecule has 0 unspecified atom stereocenters. The molecule has 2 aromatic carbocycles. The Labute approximate surface area is 159 Å². The Morgan fingerprint density at radius 3 is 1.36 bits per heavy atom. The Morgan fingerprint density at radius 2 is 1.00 bits per heavy atom. The number of hydrogen-bond donors (Lipinski definition) is 0. The second-order valence-electron chi connectivity index (χ2n) is 8.98. The molecule has 0 saturated carbocycles. The molecule has 0 spiro atoms. The van der Waals surface area contributed by atoms with Crippen molar-refractivity contribution in [2.75, 3.05) is 0 Å². The summed E-state index contributed by atoms with van der Waals surface area (Å²) in [5.74, 6) is 0.591. The molecule has 0 aliphatic heterocycles. The molecular weight excluding hydrogens is 324 g/mol. The van der Waals surface area contributed by atoms with Crippen molar-refractivity contribution < 1.29 is 0 Å². The van der Waals surface area contributed by atoms with E-state index < -0.39 is 0 Å². The molecule has 0 saturated heterocycles. The van der Waals surface area contributed by atoms with E-state index in [0.717, 1.165) is 19.3 Å². The minimum absolute atomic E-state index is 0.273. The van der Waals surface area contributed by atoms with Crippen LogP contribution in [0.5, 0.6) is 0 Å². The molecule has 0 atom stereocenters. The van der Waals surface area contributed by atoms with Gasteiger partial charge in [0.1, 0.15) is 0 Å². The maximum atomic E-state index is 5.90. The van der Waals surface area contributed by atoms with E-state index in [9.17, 15) is 0 Å². The fourth-order valence-corrected chi connectivity index (χ4v) is 4.34. The Bertz CT molecular complexity index is 588. The molecule has 0 radical (unpaired) electrons. The molecule has 0 heterocycles. The lowest BCUT2D eigenvalue weighted by Crippen LogP contribution is -2.27. The summed E-state index contributed by atoms with van der Waals surface area (Å²) in [5, 5.41) is 0. The van der Waals surface area contributed by atoms with E-state index in [2.05, 4.69) is 83.1 Å². The van der Waals surface area contributed by atoms with Crippen LogP contribution in [0.4, 0.5) is 0 Å². The Morgan fingerprint density at radius 1 is 0.640 bits per heavy atom. The predicted molar refractivity (Wildman–Crippen MR) is 111 cm³/mol. The van der Waals surface area contributed by atoms with E-state index >= 15 is 0 Å². The fourth-order valence-electron chi connectivity index (χ4n) is 4.16. The van der Waals surface area contributed by atoms with Crippen LogP contribution in [0.1, 0.15) is 63.3 Å². The summed E-state index contributed by atoms with van der Waals surface area (Å²) in [5.41, 5.74) is 6.02. The van der Waals surface area contributed by atoms with Crippen LogP contribution in [0.15, 0.2) is 48.5 Å². The van der Waals surface area contributed by atoms with Crippen molar-refractivity contribution in [3.63, 3.8) is 0 Å². The Balaban J connectivity index is 2.00. The Hall–Kier alpha value is -1.27. The van der Waals surface area contributed by atoms with Gasteiger partial charge in [-0.25, -0.2) is 0 Å². The first kappa shape index (κ1) is 20.0. The lowest BCUT2D eigenvalue weighted by atomic mass is 9.70. The maximum absolute atomic E-state index is 5.90. The summed E-state index contributed by atoms with van der Waals surface area (Å²) in [7, 11) is 0. The molecule has 0 aliphatic rings. The van der Waals surface area contributed by atoms with Crippen LogP contribution in [0, 0.1) is 10.8 Å². The van der Waals surface area contributed by atoms with Crippen LogP contribution in [-0.4, -0.2) is 0 Å². The van der Waals surface area contributed by atoms with Crippen molar-refractivity contribution in [3.8, 4) is 0 Å². The number of rotatable bonds is 8. The number of halogens is 1. The molecule has 0 fully saturated rings. The summed E-state index contributed by atoms with van der Waals surface area (Å²) in [6.07, 6.45) is 4.55. The lowest BCUT2D eigenvalue weighted by Gasteiger charge is -2.35. The summed E-state index contributed by atoms with van der Waals surface area (Å²) in [6, 6.07) is 17.9. The normalized spacial score (nSPS) is 12.4. The van der Waals surface area contributed by atoms with Crippen LogP contribution in [-0.2, 0) is 25.1 Å². The maximum Gasteiger partial charge on any atom is 0.0474 e. The first-order valence-electron chi connectivity index (χ1n) is 9.45. The predicted octanol–water partition coefficient (Wildman–Crippen LogP) is 7.22. The average molecular weight is 357 g/mol. The minimum Gasteiger partial charge on any atom is -0.122 e. The topological polar surface area (TPSA) is 0 Å². The number of hydrogen-bond acceptors (Lipinski definition) is 0. The molecule has 136 valence electrons. The molecule has 0 aromatic heterocycles. The van der Waals surface area contributed by atoms with Gasteiger partial charge in [-0.15, -0.1) is 11.6 Å². The summed E-state index contributed by atoms with van der Waals surface area (Å²) < 4.78 is 0. The third kappa shape index (κ3) is 6.51. The zero-order valence-corrected chi connectivity index (χ0v) is 17.3. The van der Waals surface area contributed by atoms with Crippen LogP contribution in [0.25, 0.3) is 0 Å². The van der Waals surface area contributed by atoms with Gasteiger partial charge in [0.2, 0.25) is 0 Å². The third-order valence-corrected chi connectivity index (χ3v) is 5.24. The molecule has 25 heavy (non-hydrogen) atoms. The van der Waals surface area contributed by atoms with E-state index in [1.54, 1.807) is 0 Å². The molecule has 0 nitrogen and oxygen atoms in total. The lowest BCUT2D eigenvalue weighted by molar-refractivity contribution is 0.192. The van der Waals surface area contributed by atoms with Gasteiger partial charge in [-0.05, 0) is 58.8 Å². The molecular formula is C24H33Cl. The van der Waals surface area contributed by atoms with Crippen molar-refractivity contribution in [1.29, 1.82) is 0 Å². The fraction of sp³-hybridized carbons (Fsp3) is 0.500. The van der Waals surface area contributed by atoms with Gasteiger partial charge in [-0.3, -0.25) is 0 Å². The van der Waals surface area contributed by atoms with Crippen molar-refractivity contribution in [1.82, 2.24) is 0 Å². The Kier molecular flexibility index (Phi) is 6.74. The highest BCUT2D eigenvalue weighted by Crippen LogP contribution is 2.38. The van der Waals surface area contributed by atoms with E-state index in [1.807, 2.05) is 0 Å². The van der Waals surface area contributed by atoms with E-state index in [-0.39, 0.29) is 10.8 Å². The highest BCUT2D eigenvalue weighted by molar-refractivity contribution is 6.17. The van der Waals surface area contributed by atoms with E-state index in [1.165, 1.54) is 28.7 Å². The van der Waals surface area contributed by atoms with E-state index in [4.69, 9.17) is 11.6 Å². The zero-order valence-electron chi connectivity index (χ0n) is 16.5. The summed E-state index contributed by atoms with van der Waals surface area (Å²) in [4.78, 5) is 0. The molecule has 0 N–H and O–H groups in total. The van der Waals surface area contributed by atoms with Gasteiger partial charge in [-0.1, -0.05) is 83.1 Å². The van der Waals surface area contributed by atoms with Crippen molar-refractivity contribution in [3.05, 3.63) is 70.8 Å². The van der Waals surface area contributed by atoms with Crippen LogP contribution in [0.2, 0.25) is 0 Å². The van der Waals surface area contributed by atoms with E-state index in [0.29, 0.717) is 5.88 Å². The molecule has 0 bridgehead atoms. The second kappa shape index (κ2) is 8.41. The molecule has 0 amide bonds. The minimum atomic E-state index is 0.273. The first-order chi connectivity index (χ1) is 11.7. The van der Waals surface area contributed by atoms with Crippen LogP contribution in [0.3, 0.4) is 0 Å². The third-order valence-electron chi connectivity index (χ3n) is 4.93. The quantitative estimate of drug-likeness (QED) is 0.438. The van der Waals surface area contributed by atoms with Gasteiger partial charge in [0.25, 0.3) is 0 Å². The van der Waals surface area contributed by atoms with Crippen molar-refractivity contribution in [2.24, 2.45) is 10.8 Å². The summed E-state index contributed by atoms with van der Waals surface area (Å²) in [6.45, 7) is 11.8. The van der Waals surface area contributed by atoms with Gasteiger partial charge in [0, 0.05) is 5.88 Å². The molecule has 2 rings (SSSR count). The molecule has 2 aromatic rings. The standard InChI is InChI=1S/C24H33Cl/c1-6-19-7-9-20(10-8-19)15-23(2,3)18-24(4,5)16-21-11-13-22(17-25)14-12-21/h7-14H,6,15-18H2,1-5H3. The van der Waals surface area contributed by atoms with Crippen molar-refractivity contribution >= 4 is 11.6 Å². The van der Waals surface area contributed by atoms with Gasteiger partial charge < -0.3 is 0 Å². The highest BCUT2D eigenvalue weighted by atomic mass is 35.5. The summed E-state index contributed by atoms with van der Waals surface area (Å²) >= 11 is 5.90. The van der Waals surface area contributed by atoms with Gasteiger partial charge in [0.05, 0.1) is 0 Å². The molecule has 0 aliphatic carbocycles. The van der Waals surface area contributed by atoms with Crippen LogP contribution >= 0.6 is 11.6 Å². The monoisotopic (exact) mass is 356 g/mol. The number of aryl methyl sites for hydroxylation is 1. The average Bonchev–Trinajstić information content (AvgIpc) is 2.54.